The van der Waals surface area contributed by atoms with E-state index in [-0.39, 0.29) is 0 Å². The predicted octanol–water partition coefficient (Wildman–Crippen LogP) is 11.6. The van der Waals surface area contributed by atoms with Crippen LogP contribution in [0.15, 0.2) is 11.6 Å². The first-order chi connectivity index (χ1) is 24.5. The van der Waals surface area contributed by atoms with Gasteiger partial charge >= 0.3 is 0 Å². The van der Waals surface area contributed by atoms with Crippen LogP contribution in [0.1, 0.15) is 204 Å². The molecule has 11 atom stereocenters. The van der Waals surface area contributed by atoms with E-state index >= 15 is 0 Å². The molecule has 0 aromatic carbocycles. The van der Waals surface area contributed by atoms with Gasteiger partial charge in [0.25, 0.3) is 0 Å². The third kappa shape index (κ3) is 23.4. The molecule has 52 heavy (non-hydrogen) atoms. The van der Waals surface area contributed by atoms with Crippen molar-refractivity contribution in [3.8, 4) is 0 Å². The van der Waals surface area contributed by atoms with Crippen molar-refractivity contribution < 1.29 is 29.9 Å². The minimum Gasteiger partial charge on any atom is -0.394 e. The van der Waals surface area contributed by atoms with Crippen molar-refractivity contribution in [3.63, 3.8) is 0 Å². The van der Waals surface area contributed by atoms with E-state index in [1.807, 2.05) is 13.8 Å². The van der Waals surface area contributed by atoms with Crippen LogP contribution in [0, 0.1) is 35.5 Å². The highest BCUT2D eigenvalue weighted by Crippen LogP contribution is 2.30. The lowest BCUT2D eigenvalue weighted by molar-refractivity contribution is -0.323. The molecule has 6 nitrogen and oxygen atoms in total. The fraction of sp³-hybridized carbons (Fsp3) is 0.957. The molecular formula is C46H90O6. The van der Waals surface area contributed by atoms with Crippen LogP contribution in [0.5, 0.6) is 0 Å². The van der Waals surface area contributed by atoms with Crippen molar-refractivity contribution in [1.82, 2.24) is 0 Å². The van der Waals surface area contributed by atoms with E-state index in [4.69, 9.17) is 9.47 Å². The van der Waals surface area contributed by atoms with Gasteiger partial charge in [0, 0.05) is 0 Å². The Balaban J connectivity index is 2.05. The Labute approximate surface area is 323 Å². The third-order valence-electron chi connectivity index (χ3n) is 12.2. The van der Waals surface area contributed by atoms with Gasteiger partial charge in [0.1, 0.15) is 24.4 Å². The summed E-state index contributed by atoms with van der Waals surface area (Å²) < 4.78 is 11.6. The second-order valence-corrected chi connectivity index (χ2v) is 19.0. The molecule has 1 saturated heterocycles. The number of aliphatic hydroxyl groups excluding tert-OH is 4. The Kier molecular flexibility index (Phi) is 26.6. The summed E-state index contributed by atoms with van der Waals surface area (Å²) in [6.07, 6.45) is 23.8. The minimum absolute atomic E-state index is 0.447. The summed E-state index contributed by atoms with van der Waals surface area (Å²) in [6.45, 7) is 22.5. The summed E-state index contributed by atoms with van der Waals surface area (Å²) in [5, 5.41) is 39.8. The summed E-state index contributed by atoms with van der Waals surface area (Å²) in [4.78, 5) is 0. The van der Waals surface area contributed by atoms with Gasteiger partial charge in [-0.2, -0.15) is 0 Å². The van der Waals surface area contributed by atoms with Crippen LogP contribution >= 0.6 is 0 Å². The van der Waals surface area contributed by atoms with Gasteiger partial charge in [-0.15, -0.1) is 0 Å². The quantitative estimate of drug-likeness (QED) is 0.0417. The summed E-state index contributed by atoms with van der Waals surface area (Å²) in [5.74, 6) is 4.95. The summed E-state index contributed by atoms with van der Waals surface area (Å²) in [6, 6.07) is 0. The molecule has 6 heteroatoms. The standard InChI is InChI=1S/C46H90O6/c1-34(2)19-13-22-37(5)25-16-28-38(6)26-14-23-35(3)20-11-12-21-36(4)24-15-27-39(7)29-17-30-40(8)31-18-32-46(9,10)52-45-44(50)43(49)42(48)41(33-47)51-45/h19,35-45,47-50H,11-18,20-33H2,1-10H3/t35?,36-,37?,38-,39+,40+,41-,42-,43+,44-,45-/m1/s1. The Morgan fingerprint density at radius 2 is 0.923 bits per heavy atom. The van der Waals surface area contributed by atoms with Gasteiger partial charge in [0.15, 0.2) is 6.29 Å². The van der Waals surface area contributed by atoms with Gasteiger partial charge in [0.05, 0.1) is 12.2 Å². The largest absolute Gasteiger partial charge is 0.394 e. The highest BCUT2D eigenvalue weighted by Gasteiger charge is 2.45. The second-order valence-electron chi connectivity index (χ2n) is 19.0. The maximum absolute atomic E-state index is 10.3. The smallest absolute Gasteiger partial charge is 0.187 e. The number of hydrogen-bond acceptors (Lipinski definition) is 6. The topological polar surface area (TPSA) is 99.4 Å². The van der Waals surface area contributed by atoms with Gasteiger partial charge in [-0.3, -0.25) is 0 Å². The van der Waals surface area contributed by atoms with E-state index in [0.717, 1.165) is 48.9 Å². The number of aliphatic hydroxyl groups is 4. The zero-order valence-corrected chi connectivity index (χ0v) is 36.1. The third-order valence-corrected chi connectivity index (χ3v) is 12.2. The van der Waals surface area contributed by atoms with Crippen molar-refractivity contribution in [3.05, 3.63) is 11.6 Å². The molecule has 0 aromatic rings. The molecule has 0 aromatic heterocycles. The zero-order chi connectivity index (χ0) is 39.1. The second kappa shape index (κ2) is 28.0. The highest BCUT2D eigenvalue weighted by molar-refractivity contribution is 4.93. The summed E-state index contributed by atoms with van der Waals surface area (Å²) >= 11 is 0. The van der Waals surface area contributed by atoms with E-state index in [1.54, 1.807) is 0 Å². The number of allylic oxidation sites excluding steroid dienone is 2. The molecule has 2 unspecified atom stereocenters. The Hall–Kier alpha value is -0.500. The predicted molar refractivity (Wildman–Crippen MR) is 220 cm³/mol. The first kappa shape index (κ1) is 49.5. The molecule has 1 heterocycles. The maximum Gasteiger partial charge on any atom is 0.187 e. The van der Waals surface area contributed by atoms with Gasteiger partial charge < -0.3 is 29.9 Å². The van der Waals surface area contributed by atoms with E-state index in [1.165, 1.54) is 121 Å². The van der Waals surface area contributed by atoms with Gasteiger partial charge in [-0.05, 0) is 82.5 Å². The van der Waals surface area contributed by atoms with Crippen LogP contribution < -0.4 is 0 Å². The molecule has 0 radical (unpaired) electrons. The average Bonchev–Trinajstić information content (AvgIpc) is 3.06. The lowest BCUT2D eigenvalue weighted by Crippen LogP contribution is -2.60. The molecule has 0 amide bonds. The molecule has 0 aliphatic carbocycles. The number of ether oxygens (including phenoxy) is 2. The monoisotopic (exact) mass is 739 g/mol. The van der Waals surface area contributed by atoms with E-state index in [2.05, 4.69) is 61.5 Å². The van der Waals surface area contributed by atoms with Crippen LogP contribution in [-0.2, 0) is 9.47 Å². The summed E-state index contributed by atoms with van der Waals surface area (Å²) in [5.41, 5.74) is 0.900. The lowest BCUT2D eigenvalue weighted by atomic mass is 9.89. The van der Waals surface area contributed by atoms with Crippen molar-refractivity contribution >= 4 is 0 Å². The van der Waals surface area contributed by atoms with E-state index in [0.29, 0.717) is 5.92 Å². The number of unbranched alkanes of at least 4 members (excludes halogenated alkanes) is 1. The Morgan fingerprint density at radius 3 is 1.31 bits per heavy atom. The molecule has 1 fully saturated rings. The SMILES string of the molecule is CC(C)=CCCC(C)CCC[C@H](C)CCCC(C)CCCC[C@@H](C)CCC[C@H](C)CCC[C@H](C)CCCC(C)(C)O[C@H]1O[C@H](CO)[C@@H](O)[C@H](O)[C@H]1O. The molecule has 0 saturated carbocycles. The zero-order valence-electron chi connectivity index (χ0n) is 36.1. The Bertz CT molecular complexity index is 884. The molecule has 1 aliphatic rings. The fourth-order valence-corrected chi connectivity index (χ4v) is 8.18. The summed E-state index contributed by atoms with van der Waals surface area (Å²) in [7, 11) is 0. The highest BCUT2D eigenvalue weighted by atomic mass is 16.7. The minimum atomic E-state index is -1.41. The van der Waals surface area contributed by atoms with Crippen LogP contribution in [0.2, 0.25) is 0 Å². The van der Waals surface area contributed by atoms with E-state index < -0.39 is 42.9 Å². The normalized spacial score (nSPS) is 24.6. The van der Waals surface area contributed by atoms with Crippen molar-refractivity contribution in [1.29, 1.82) is 0 Å². The first-order valence-electron chi connectivity index (χ1n) is 22.2. The van der Waals surface area contributed by atoms with Gasteiger partial charge in [0.2, 0.25) is 0 Å². The first-order valence-corrected chi connectivity index (χ1v) is 22.2. The molecule has 0 bridgehead atoms. The Morgan fingerprint density at radius 1 is 0.558 bits per heavy atom. The molecule has 1 aliphatic heterocycles. The lowest BCUT2D eigenvalue weighted by Gasteiger charge is -2.42. The molecule has 4 N–H and O–H groups in total. The van der Waals surface area contributed by atoms with Crippen molar-refractivity contribution in [2.45, 2.75) is 240 Å². The molecule has 0 spiro atoms. The van der Waals surface area contributed by atoms with Crippen LogP contribution in [-0.4, -0.2) is 63.3 Å². The number of rotatable bonds is 31. The van der Waals surface area contributed by atoms with Gasteiger partial charge in [-0.25, -0.2) is 0 Å². The maximum atomic E-state index is 10.3. The number of hydrogen-bond donors (Lipinski definition) is 4. The average molecular weight is 739 g/mol. The van der Waals surface area contributed by atoms with E-state index in [9.17, 15) is 20.4 Å². The molecular weight excluding hydrogens is 649 g/mol. The van der Waals surface area contributed by atoms with Crippen LogP contribution in [0.4, 0.5) is 0 Å². The van der Waals surface area contributed by atoms with Gasteiger partial charge in [-0.1, -0.05) is 169 Å². The fourth-order valence-electron chi connectivity index (χ4n) is 8.18. The van der Waals surface area contributed by atoms with Crippen molar-refractivity contribution in [2.24, 2.45) is 35.5 Å². The van der Waals surface area contributed by atoms with Crippen LogP contribution in [0.3, 0.4) is 0 Å². The molecule has 1 rings (SSSR count). The van der Waals surface area contributed by atoms with Crippen molar-refractivity contribution in [2.75, 3.05) is 6.61 Å². The molecule has 310 valence electrons. The van der Waals surface area contributed by atoms with Crippen LogP contribution in [0.25, 0.3) is 0 Å².